The summed E-state index contributed by atoms with van der Waals surface area (Å²) in [6, 6.07) is 8.73. The van der Waals surface area contributed by atoms with E-state index in [1.807, 2.05) is 26.4 Å². The Morgan fingerprint density at radius 1 is 1.10 bits per heavy atom. The Balaban J connectivity index is 2.19. The normalized spacial score (nSPS) is 12.6. The minimum atomic E-state index is 0.0536. The van der Waals surface area contributed by atoms with E-state index in [4.69, 9.17) is 0 Å². The molecule has 0 saturated heterocycles. The molecule has 20 heavy (non-hydrogen) atoms. The predicted octanol–water partition coefficient (Wildman–Crippen LogP) is 2.19. The first-order valence-electron chi connectivity index (χ1n) is 7.21. The van der Waals surface area contributed by atoms with Crippen molar-refractivity contribution in [3.8, 4) is 0 Å². The first kappa shape index (κ1) is 14.6. The fraction of sp³-hybridized carbons (Fsp3) is 0.438. The summed E-state index contributed by atoms with van der Waals surface area (Å²) in [5, 5.41) is 3.29. The van der Waals surface area contributed by atoms with Gasteiger partial charge in [0.2, 0.25) is 0 Å². The zero-order valence-electron chi connectivity index (χ0n) is 12.5. The molecule has 1 N–H and O–H groups in total. The number of aromatic nitrogens is 2. The maximum Gasteiger partial charge on any atom is 0.328 e. The van der Waals surface area contributed by atoms with Crippen LogP contribution in [0.2, 0.25) is 0 Å². The van der Waals surface area contributed by atoms with Gasteiger partial charge in [-0.05, 0) is 31.5 Å². The van der Waals surface area contributed by atoms with Crippen LogP contribution in [0.1, 0.15) is 31.0 Å². The molecule has 2 aromatic rings. The molecule has 0 bridgehead atoms. The van der Waals surface area contributed by atoms with Crippen LogP contribution in [-0.4, -0.2) is 16.2 Å². The Morgan fingerprint density at radius 3 is 2.25 bits per heavy atom. The Labute approximate surface area is 120 Å². The number of benzene rings is 1. The standard InChI is InChI=1S/C16H23N3O/c1-4-13-6-8-14(9-7-13)15(17-3)12-19-11-10-18(5-2)16(19)20/h6-11,15,17H,4-5,12H2,1-3H3. The third-order valence-corrected chi connectivity index (χ3v) is 3.78. The molecule has 0 saturated carbocycles. The Morgan fingerprint density at radius 2 is 1.75 bits per heavy atom. The molecule has 1 aromatic carbocycles. The summed E-state index contributed by atoms with van der Waals surface area (Å²) in [4.78, 5) is 12.1. The largest absolute Gasteiger partial charge is 0.328 e. The second-order valence-corrected chi connectivity index (χ2v) is 4.96. The maximum absolute atomic E-state index is 12.1. The van der Waals surface area contributed by atoms with Crippen molar-refractivity contribution in [3.63, 3.8) is 0 Å². The number of hydrogen-bond donors (Lipinski definition) is 1. The molecule has 0 fully saturated rings. The van der Waals surface area contributed by atoms with Gasteiger partial charge in [-0.15, -0.1) is 0 Å². The monoisotopic (exact) mass is 273 g/mol. The van der Waals surface area contributed by atoms with Crippen molar-refractivity contribution in [1.29, 1.82) is 0 Å². The number of nitrogens with zero attached hydrogens (tertiary/aromatic N) is 2. The smallest absolute Gasteiger partial charge is 0.312 e. The minimum Gasteiger partial charge on any atom is -0.312 e. The van der Waals surface area contributed by atoms with Crippen LogP contribution in [-0.2, 0) is 19.5 Å². The average Bonchev–Trinajstić information content (AvgIpc) is 2.85. The zero-order valence-corrected chi connectivity index (χ0v) is 12.5. The van der Waals surface area contributed by atoms with Gasteiger partial charge in [0.15, 0.2) is 0 Å². The fourth-order valence-electron chi connectivity index (χ4n) is 2.38. The van der Waals surface area contributed by atoms with E-state index in [0.717, 1.165) is 6.42 Å². The molecular formula is C16H23N3O. The molecule has 1 aromatic heterocycles. The molecule has 0 aliphatic heterocycles. The van der Waals surface area contributed by atoms with Gasteiger partial charge in [-0.1, -0.05) is 31.2 Å². The van der Waals surface area contributed by atoms with E-state index in [1.165, 1.54) is 11.1 Å². The van der Waals surface area contributed by atoms with Gasteiger partial charge >= 0.3 is 5.69 Å². The highest BCUT2D eigenvalue weighted by Crippen LogP contribution is 2.15. The van der Waals surface area contributed by atoms with Crippen molar-refractivity contribution < 1.29 is 0 Å². The summed E-state index contributed by atoms with van der Waals surface area (Å²) >= 11 is 0. The highest BCUT2D eigenvalue weighted by molar-refractivity contribution is 5.25. The second kappa shape index (κ2) is 6.57. The number of likely N-dealkylation sites (N-methyl/N-ethyl adjacent to an activating group) is 1. The highest BCUT2D eigenvalue weighted by atomic mass is 16.1. The van der Waals surface area contributed by atoms with E-state index in [1.54, 1.807) is 9.13 Å². The van der Waals surface area contributed by atoms with Crippen molar-refractivity contribution in [2.45, 2.75) is 39.4 Å². The Kier molecular flexibility index (Phi) is 4.79. The summed E-state index contributed by atoms with van der Waals surface area (Å²) in [6.07, 6.45) is 4.75. The van der Waals surface area contributed by atoms with Crippen LogP contribution in [0.5, 0.6) is 0 Å². The SMILES string of the molecule is CCc1ccc(C(Cn2ccn(CC)c2=O)NC)cc1. The van der Waals surface area contributed by atoms with Crippen LogP contribution >= 0.6 is 0 Å². The van der Waals surface area contributed by atoms with E-state index in [0.29, 0.717) is 13.1 Å². The van der Waals surface area contributed by atoms with Crippen molar-refractivity contribution in [3.05, 3.63) is 58.3 Å². The molecule has 1 unspecified atom stereocenters. The van der Waals surface area contributed by atoms with Crippen LogP contribution in [0, 0.1) is 0 Å². The van der Waals surface area contributed by atoms with Gasteiger partial charge in [-0.2, -0.15) is 0 Å². The second-order valence-electron chi connectivity index (χ2n) is 4.96. The van der Waals surface area contributed by atoms with Crippen molar-refractivity contribution in [2.24, 2.45) is 0 Å². The van der Waals surface area contributed by atoms with E-state index < -0.39 is 0 Å². The quantitative estimate of drug-likeness (QED) is 0.876. The highest BCUT2D eigenvalue weighted by Gasteiger charge is 2.12. The molecule has 0 aliphatic rings. The maximum atomic E-state index is 12.1. The number of aryl methyl sites for hydroxylation is 2. The third kappa shape index (κ3) is 3.02. The molecular weight excluding hydrogens is 250 g/mol. The topological polar surface area (TPSA) is 39.0 Å². The summed E-state index contributed by atoms with van der Waals surface area (Å²) in [5.74, 6) is 0. The van der Waals surface area contributed by atoms with Gasteiger partial charge in [-0.25, -0.2) is 4.79 Å². The molecule has 0 radical (unpaired) electrons. The van der Waals surface area contributed by atoms with E-state index >= 15 is 0 Å². The molecule has 1 heterocycles. The average molecular weight is 273 g/mol. The van der Waals surface area contributed by atoms with E-state index in [-0.39, 0.29) is 11.7 Å². The minimum absolute atomic E-state index is 0.0536. The summed E-state index contributed by atoms with van der Waals surface area (Å²) in [5.41, 5.74) is 2.59. The summed E-state index contributed by atoms with van der Waals surface area (Å²) in [6.45, 7) is 5.48. The number of nitrogens with one attached hydrogen (secondary N) is 1. The third-order valence-electron chi connectivity index (χ3n) is 3.78. The summed E-state index contributed by atoms with van der Waals surface area (Å²) < 4.78 is 3.48. The van der Waals surface area contributed by atoms with Crippen LogP contribution in [0.4, 0.5) is 0 Å². The lowest BCUT2D eigenvalue weighted by molar-refractivity contribution is 0.485. The molecule has 0 amide bonds. The lowest BCUT2D eigenvalue weighted by Crippen LogP contribution is -2.29. The fourth-order valence-corrected chi connectivity index (χ4v) is 2.38. The summed E-state index contributed by atoms with van der Waals surface area (Å²) in [7, 11) is 1.93. The molecule has 0 spiro atoms. The molecule has 2 rings (SSSR count). The first-order chi connectivity index (χ1) is 9.69. The van der Waals surface area contributed by atoms with Crippen LogP contribution in [0.25, 0.3) is 0 Å². The van der Waals surface area contributed by atoms with Gasteiger partial charge in [0.05, 0.1) is 6.04 Å². The number of hydrogen-bond acceptors (Lipinski definition) is 2. The first-order valence-corrected chi connectivity index (χ1v) is 7.21. The van der Waals surface area contributed by atoms with Gasteiger partial charge in [0.25, 0.3) is 0 Å². The predicted molar refractivity (Wildman–Crippen MR) is 82.0 cm³/mol. The number of imidazole rings is 1. The molecule has 108 valence electrons. The van der Waals surface area contributed by atoms with Gasteiger partial charge in [0.1, 0.15) is 0 Å². The lowest BCUT2D eigenvalue weighted by atomic mass is 10.0. The number of rotatable bonds is 6. The van der Waals surface area contributed by atoms with Crippen molar-refractivity contribution in [2.75, 3.05) is 7.05 Å². The Bertz CT molecular complexity index is 595. The van der Waals surface area contributed by atoms with Gasteiger partial charge in [0, 0.05) is 25.5 Å². The van der Waals surface area contributed by atoms with Crippen LogP contribution in [0.15, 0.2) is 41.5 Å². The van der Waals surface area contributed by atoms with Gasteiger partial charge in [-0.3, -0.25) is 9.13 Å². The molecule has 1 atom stereocenters. The molecule has 4 heteroatoms. The Hall–Kier alpha value is -1.81. The van der Waals surface area contributed by atoms with Crippen LogP contribution < -0.4 is 11.0 Å². The zero-order chi connectivity index (χ0) is 14.5. The lowest BCUT2D eigenvalue weighted by Gasteiger charge is -2.17. The molecule has 4 nitrogen and oxygen atoms in total. The van der Waals surface area contributed by atoms with Crippen molar-refractivity contribution >= 4 is 0 Å². The van der Waals surface area contributed by atoms with E-state index in [2.05, 4.69) is 36.5 Å². The molecule has 0 aliphatic carbocycles. The van der Waals surface area contributed by atoms with Crippen LogP contribution in [0.3, 0.4) is 0 Å². The van der Waals surface area contributed by atoms with Crippen molar-refractivity contribution in [1.82, 2.24) is 14.5 Å². The van der Waals surface area contributed by atoms with Gasteiger partial charge < -0.3 is 5.32 Å². The van der Waals surface area contributed by atoms with E-state index in [9.17, 15) is 4.79 Å².